The zero-order valence-corrected chi connectivity index (χ0v) is 23.0. The third-order valence-electron chi connectivity index (χ3n) is 6.98. The smallest absolute Gasteiger partial charge is 0.314 e. The molecule has 1 amide bonds. The lowest BCUT2D eigenvalue weighted by Gasteiger charge is -2.45. The number of nitro benzene ring substituents is 1. The van der Waals surface area contributed by atoms with Gasteiger partial charge in [0, 0.05) is 34.2 Å². The van der Waals surface area contributed by atoms with Crippen molar-refractivity contribution in [1.82, 2.24) is 10.3 Å². The lowest BCUT2D eigenvalue weighted by Crippen LogP contribution is -2.61. The fourth-order valence-corrected chi connectivity index (χ4v) is 6.45. The van der Waals surface area contributed by atoms with Crippen LogP contribution in [0.2, 0.25) is 0 Å². The van der Waals surface area contributed by atoms with E-state index in [0.29, 0.717) is 34.2 Å². The number of hydrogen-bond donors (Lipinski definition) is 1. The van der Waals surface area contributed by atoms with Crippen LogP contribution in [0.15, 0.2) is 104 Å². The van der Waals surface area contributed by atoms with Crippen molar-refractivity contribution in [2.75, 3.05) is 0 Å². The number of carbonyl (C=O) groups is 1. The number of furan rings is 1. The Morgan fingerprint density at radius 2 is 1.90 bits per heavy atom. The van der Waals surface area contributed by atoms with Gasteiger partial charge in [0.2, 0.25) is 0 Å². The van der Waals surface area contributed by atoms with Gasteiger partial charge in [-0.3, -0.25) is 20.2 Å². The molecule has 0 aliphatic carbocycles. The zero-order valence-electron chi connectivity index (χ0n) is 20.6. The number of nitro groups is 1. The van der Waals surface area contributed by atoms with Gasteiger partial charge < -0.3 is 9.15 Å². The zero-order chi connectivity index (χ0) is 27.4. The summed E-state index contributed by atoms with van der Waals surface area (Å²) < 4.78 is 13.6. The molecule has 3 aliphatic heterocycles. The van der Waals surface area contributed by atoms with E-state index in [1.807, 2.05) is 53.5 Å². The van der Waals surface area contributed by atoms with Gasteiger partial charge >= 0.3 is 5.85 Å². The average molecular weight is 615 g/mol. The van der Waals surface area contributed by atoms with E-state index in [0.717, 1.165) is 33.1 Å². The average Bonchev–Trinajstić information content (AvgIpc) is 3.69. The predicted octanol–water partition coefficient (Wildman–Crippen LogP) is 7.31. The van der Waals surface area contributed by atoms with E-state index in [9.17, 15) is 14.9 Å². The van der Waals surface area contributed by atoms with Crippen molar-refractivity contribution in [2.24, 2.45) is 5.10 Å². The Balaban J connectivity index is 1.32. The minimum Gasteiger partial charge on any atom is -0.457 e. The number of ether oxygens (including phenoxy) is 1. The van der Waals surface area contributed by atoms with Crippen LogP contribution in [-0.4, -0.2) is 26.7 Å². The van der Waals surface area contributed by atoms with Gasteiger partial charge in [-0.1, -0.05) is 58.4 Å². The highest BCUT2D eigenvalue weighted by Crippen LogP contribution is 2.53. The molecule has 1 aromatic heterocycles. The summed E-state index contributed by atoms with van der Waals surface area (Å²) in [4.78, 5) is 24.2. The number of rotatable bonds is 4. The number of halogens is 1. The molecule has 2 unspecified atom stereocenters. The monoisotopic (exact) mass is 614 g/mol. The maximum atomic E-state index is 12.9. The number of benzene rings is 3. The van der Waals surface area contributed by atoms with E-state index in [2.05, 4.69) is 21.2 Å². The van der Waals surface area contributed by atoms with Crippen LogP contribution >= 0.6 is 27.7 Å². The van der Waals surface area contributed by atoms with Gasteiger partial charge in [-0.05, 0) is 53.7 Å². The summed E-state index contributed by atoms with van der Waals surface area (Å²) in [6.45, 7) is 0. The first-order valence-corrected chi connectivity index (χ1v) is 14.0. The second kappa shape index (κ2) is 9.39. The molecule has 2 atom stereocenters. The van der Waals surface area contributed by atoms with E-state index in [-0.39, 0.29) is 17.0 Å². The molecule has 1 N–H and O–H groups in total. The molecule has 0 saturated carbocycles. The van der Waals surface area contributed by atoms with Crippen molar-refractivity contribution in [2.45, 2.75) is 18.3 Å². The summed E-state index contributed by atoms with van der Waals surface area (Å²) in [5.41, 5.74) is 3.40. The van der Waals surface area contributed by atoms with Crippen molar-refractivity contribution in [3.63, 3.8) is 0 Å². The molecule has 0 radical (unpaired) electrons. The van der Waals surface area contributed by atoms with E-state index < -0.39 is 10.8 Å². The fraction of sp³-hybridized carbons (Fsp3) is 0.103. The highest BCUT2D eigenvalue weighted by Gasteiger charge is 2.58. The number of hydrogen-bond acceptors (Lipinski definition) is 8. The van der Waals surface area contributed by atoms with Crippen LogP contribution in [-0.2, 0) is 0 Å². The summed E-state index contributed by atoms with van der Waals surface area (Å²) in [5.74, 6) is 0.213. The maximum Gasteiger partial charge on any atom is 0.314 e. The Hall–Kier alpha value is -4.35. The second-order valence-corrected chi connectivity index (χ2v) is 11.4. The van der Waals surface area contributed by atoms with Crippen LogP contribution in [0.1, 0.15) is 29.3 Å². The van der Waals surface area contributed by atoms with Gasteiger partial charge in [-0.25, -0.2) is 5.01 Å². The first-order chi connectivity index (χ1) is 19.4. The summed E-state index contributed by atoms with van der Waals surface area (Å²) in [6.07, 6.45) is 2.38. The Bertz CT molecular complexity index is 1750. The van der Waals surface area contributed by atoms with Crippen LogP contribution in [0.3, 0.4) is 0 Å². The molecule has 198 valence electrons. The van der Waals surface area contributed by atoms with Crippen LogP contribution in [0.4, 0.5) is 10.5 Å². The standard InChI is InChI=1S/C29H19BrN4O5S/c30-19-9-11-26-22(14-19)24-16-23(17-5-2-1-3-6-17)32-33(24)29(39-26)27(40-28(35)31-29)15-21-10-12-25(38-21)18-7-4-8-20(13-18)34(36)37/h1-15,24H,16H2,(H,31,35). The van der Waals surface area contributed by atoms with E-state index in [1.54, 1.807) is 30.3 Å². The largest absolute Gasteiger partial charge is 0.457 e. The Morgan fingerprint density at radius 3 is 2.73 bits per heavy atom. The minimum atomic E-state index is -1.37. The SMILES string of the molecule is O=C1NC2(Oc3ccc(Br)cc3C3CC(c4ccccc4)=NN32)C(=Cc2ccc(-c3cccc([N+](=O)[O-])c3)o2)S1. The van der Waals surface area contributed by atoms with Crippen molar-refractivity contribution < 1.29 is 18.9 Å². The van der Waals surface area contributed by atoms with Crippen molar-refractivity contribution in [3.05, 3.63) is 121 Å². The number of fused-ring (bicyclic) bond motifs is 4. The number of nitrogens with zero attached hydrogens (tertiary/aromatic N) is 3. The van der Waals surface area contributed by atoms with Gasteiger partial charge in [0.1, 0.15) is 17.3 Å². The molecule has 7 rings (SSSR count). The molecular weight excluding hydrogens is 596 g/mol. The number of carbonyl (C=O) groups excluding carboxylic acids is 1. The van der Waals surface area contributed by atoms with Gasteiger partial charge in [0.25, 0.3) is 10.9 Å². The number of amides is 1. The van der Waals surface area contributed by atoms with Crippen molar-refractivity contribution >= 4 is 50.4 Å². The lowest BCUT2D eigenvalue weighted by atomic mass is 9.96. The Kier molecular flexibility index (Phi) is 5.79. The van der Waals surface area contributed by atoms with Crippen molar-refractivity contribution in [3.8, 4) is 17.1 Å². The summed E-state index contributed by atoms with van der Waals surface area (Å²) in [5, 5.41) is 20.8. The molecule has 0 bridgehead atoms. The van der Waals surface area contributed by atoms with Crippen LogP contribution < -0.4 is 10.1 Å². The van der Waals surface area contributed by atoms with E-state index >= 15 is 0 Å². The highest BCUT2D eigenvalue weighted by atomic mass is 79.9. The van der Waals surface area contributed by atoms with Crippen LogP contribution in [0.25, 0.3) is 17.4 Å². The van der Waals surface area contributed by atoms with Gasteiger partial charge in [0.05, 0.1) is 21.6 Å². The molecule has 4 heterocycles. The molecule has 4 aromatic rings. The molecule has 1 fully saturated rings. The molecular formula is C29H19BrN4O5S. The summed E-state index contributed by atoms with van der Waals surface area (Å²) in [7, 11) is 0. The van der Waals surface area contributed by atoms with Gasteiger partial charge in [-0.15, -0.1) is 0 Å². The van der Waals surface area contributed by atoms with Crippen LogP contribution in [0, 0.1) is 10.1 Å². The highest BCUT2D eigenvalue weighted by molar-refractivity contribution is 9.10. The van der Waals surface area contributed by atoms with E-state index in [1.165, 1.54) is 12.1 Å². The van der Waals surface area contributed by atoms with Gasteiger partial charge in [-0.2, -0.15) is 5.10 Å². The molecule has 1 spiro atoms. The molecule has 9 nitrogen and oxygen atoms in total. The minimum absolute atomic E-state index is 0.0260. The summed E-state index contributed by atoms with van der Waals surface area (Å²) in [6, 6.07) is 25.3. The lowest BCUT2D eigenvalue weighted by molar-refractivity contribution is -0.384. The third-order valence-corrected chi connectivity index (χ3v) is 8.37. The number of thioether (sulfide) groups is 1. The van der Waals surface area contributed by atoms with Crippen molar-refractivity contribution in [1.29, 1.82) is 0 Å². The maximum absolute atomic E-state index is 12.9. The molecule has 40 heavy (non-hydrogen) atoms. The Labute approximate surface area is 240 Å². The second-order valence-electron chi connectivity index (χ2n) is 9.44. The number of nitrogens with one attached hydrogen (secondary N) is 1. The predicted molar refractivity (Wildman–Crippen MR) is 155 cm³/mol. The third kappa shape index (κ3) is 4.09. The van der Waals surface area contributed by atoms with E-state index in [4.69, 9.17) is 14.3 Å². The first kappa shape index (κ1) is 24.7. The number of non-ortho nitro benzene ring substituents is 1. The quantitative estimate of drug-likeness (QED) is 0.189. The first-order valence-electron chi connectivity index (χ1n) is 12.4. The molecule has 3 aromatic carbocycles. The van der Waals surface area contributed by atoms with Gasteiger partial charge in [0.15, 0.2) is 0 Å². The molecule has 1 saturated heterocycles. The fourth-order valence-electron chi connectivity index (χ4n) is 5.18. The normalized spacial score (nSPS) is 22.1. The number of hydrazone groups is 1. The summed E-state index contributed by atoms with van der Waals surface area (Å²) >= 11 is 4.59. The topological polar surface area (TPSA) is 110 Å². The Morgan fingerprint density at radius 1 is 1.07 bits per heavy atom. The van der Waals surface area contributed by atoms with Crippen LogP contribution in [0.5, 0.6) is 5.75 Å². The molecule has 11 heteroatoms. The molecule has 3 aliphatic rings.